The molecule has 19 heavy (non-hydrogen) atoms. The van der Waals surface area contributed by atoms with Gasteiger partial charge in [-0.2, -0.15) is 8.42 Å². The Labute approximate surface area is 110 Å². The van der Waals surface area contributed by atoms with Gasteiger partial charge in [0.2, 0.25) is 0 Å². The summed E-state index contributed by atoms with van der Waals surface area (Å²) in [5.74, 6) is 0. The Balaban J connectivity index is 2.07. The van der Waals surface area contributed by atoms with Gasteiger partial charge >= 0.3 is 0 Å². The Morgan fingerprint density at radius 3 is 2.32 bits per heavy atom. The van der Waals surface area contributed by atoms with Gasteiger partial charge in [-0.25, -0.2) is 0 Å². The van der Waals surface area contributed by atoms with Crippen LogP contribution in [0.2, 0.25) is 0 Å². The van der Waals surface area contributed by atoms with Crippen molar-refractivity contribution in [1.29, 1.82) is 0 Å². The lowest BCUT2D eigenvalue weighted by Gasteiger charge is -1.99. The molecule has 0 bridgehead atoms. The monoisotopic (exact) mass is 273 g/mol. The second-order valence-electron chi connectivity index (χ2n) is 4.26. The van der Waals surface area contributed by atoms with E-state index in [1.807, 2.05) is 41.1 Å². The van der Waals surface area contributed by atoms with Crippen molar-refractivity contribution in [3.63, 3.8) is 0 Å². The highest BCUT2D eigenvalue weighted by Crippen LogP contribution is 2.23. The Kier molecular flexibility index (Phi) is 2.66. The summed E-state index contributed by atoms with van der Waals surface area (Å²) >= 11 is 0. The highest BCUT2D eigenvalue weighted by molar-refractivity contribution is 7.85. The average Bonchev–Trinajstić information content (AvgIpc) is 2.81. The quantitative estimate of drug-likeness (QED) is 0.730. The van der Waals surface area contributed by atoms with Crippen LogP contribution in [0.25, 0.3) is 16.6 Å². The van der Waals surface area contributed by atoms with Crippen LogP contribution < -0.4 is 0 Å². The zero-order chi connectivity index (χ0) is 13.5. The second-order valence-corrected chi connectivity index (χ2v) is 5.68. The van der Waals surface area contributed by atoms with Crippen LogP contribution in [0.15, 0.2) is 65.8 Å². The molecule has 3 aromatic rings. The SMILES string of the molecule is O=S(=O)(O)c1ccc(-c2cc3ccccn3c2)cc1. The van der Waals surface area contributed by atoms with E-state index in [-0.39, 0.29) is 4.90 Å². The molecule has 1 aromatic carbocycles. The van der Waals surface area contributed by atoms with Gasteiger partial charge in [-0.05, 0) is 35.9 Å². The summed E-state index contributed by atoms with van der Waals surface area (Å²) in [5.41, 5.74) is 2.96. The minimum atomic E-state index is -4.13. The van der Waals surface area contributed by atoms with E-state index in [2.05, 4.69) is 0 Å². The minimum Gasteiger partial charge on any atom is -0.323 e. The lowest BCUT2D eigenvalue weighted by Crippen LogP contribution is -1.97. The lowest BCUT2D eigenvalue weighted by atomic mass is 10.1. The topological polar surface area (TPSA) is 58.8 Å². The molecule has 3 rings (SSSR count). The summed E-state index contributed by atoms with van der Waals surface area (Å²) in [6.45, 7) is 0. The summed E-state index contributed by atoms with van der Waals surface area (Å²) in [7, 11) is -4.13. The largest absolute Gasteiger partial charge is 0.323 e. The standard InChI is InChI=1S/C14H11NO3S/c16-19(17,18)14-6-4-11(5-7-14)12-9-13-3-1-2-8-15(13)10-12/h1-10H,(H,16,17,18). The first-order valence-corrected chi connectivity index (χ1v) is 7.13. The van der Waals surface area contributed by atoms with Crippen LogP contribution in [-0.2, 0) is 10.1 Å². The van der Waals surface area contributed by atoms with Gasteiger partial charge in [-0.3, -0.25) is 4.55 Å². The van der Waals surface area contributed by atoms with Crippen molar-refractivity contribution in [3.05, 3.63) is 60.9 Å². The molecule has 5 heteroatoms. The first kappa shape index (κ1) is 12.0. The average molecular weight is 273 g/mol. The summed E-state index contributed by atoms with van der Waals surface area (Å²) in [6, 6.07) is 14.1. The van der Waals surface area contributed by atoms with Gasteiger partial charge in [-0.15, -0.1) is 0 Å². The molecule has 96 valence electrons. The van der Waals surface area contributed by atoms with Crippen molar-refractivity contribution >= 4 is 15.6 Å². The number of hydrogen-bond donors (Lipinski definition) is 1. The number of rotatable bonds is 2. The molecule has 0 saturated carbocycles. The lowest BCUT2D eigenvalue weighted by molar-refractivity contribution is 0.483. The van der Waals surface area contributed by atoms with E-state index in [9.17, 15) is 8.42 Å². The van der Waals surface area contributed by atoms with Crippen LogP contribution in [-0.4, -0.2) is 17.4 Å². The van der Waals surface area contributed by atoms with Crippen LogP contribution in [0.4, 0.5) is 0 Å². The Hall–Kier alpha value is -2.11. The van der Waals surface area contributed by atoms with Crippen molar-refractivity contribution in [3.8, 4) is 11.1 Å². The van der Waals surface area contributed by atoms with E-state index in [1.165, 1.54) is 12.1 Å². The molecule has 0 aliphatic carbocycles. The van der Waals surface area contributed by atoms with Gasteiger partial charge in [0.25, 0.3) is 10.1 Å². The van der Waals surface area contributed by atoms with E-state index in [0.29, 0.717) is 0 Å². The number of pyridine rings is 1. The van der Waals surface area contributed by atoms with Gasteiger partial charge in [0.15, 0.2) is 0 Å². The van der Waals surface area contributed by atoms with Crippen LogP contribution in [0.3, 0.4) is 0 Å². The summed E-state index contributed by atoms with van der Waals surface area (Å²) < 4.78 is 32.9. The number of nitrogens with zero attached hydrogens (tertiary/aromatic N) is 1. The molecule has 0 spiro atoms. The van der Waals surface area contributed by atoms with Crippen LogP contribution in [0.1, 0.15) is 0 Å². The van der Waals surface area contributed by atoms with Crippen molar-refractivity contribution in [1.82, 2.24) is 4.40 Å². The van der Waals surface area contributed by atoms with E-state index in [0.717, 1.165) is 16.6 Å². The third kappa shape index (κ3) is 2.25. The Morgan fingerprint density at radius 2 is 1.68 bits per heavy atom. The number of hydrogen-bond acceptors (Lipinski definition) is 2. The smallest absolute Gasteiger partial charge is 0.294 e. The molecule has 0 atom stereocenters. The van der Waals surface area contributed by atoms with Crippen LogP contribution >= 0.6 is 0 Å². The fourth-order valence-corrected chi connectivity index (χ4v) is 2.51. The normalized spacial score (nSPS) is 11.8. The van der Waals surface area contributed by atoms with Crippen molar-refractivity contribution < 1.29 is 13.0 Å². The van der Waals surface area contributed by atoms with Crippen molar-refractivity contribution in [2.45, 2.75) is 4.90 Å². The third-order valence-electron chi connectivity index (χ3n) is 2.99. The molecule has 0 unspecified atom stereocenters. The van der Waals surface area contributed by atoms with Gasteiger partial charge < -0.3 is 4.40 Å². The van der Waals surface area contributed by atoms with Gasteiger partial charge in [0, 0.05) is 23.5 Å². The predicted octanol–water partition coefficient (Wildman–Crippen LogP) is 2.85. The fraction of sp³-hybridized carbons (Fsp3) is 0. The van der Waals surface area contributed by atoms with Gasteiger partial charge in [-0.1, -0.05) is 18.2 Å². The first-order valence-electron chi connectivity index (χ1n) is 5.69. The van der Waals surface area contributed by atoms with E-state index >= 15 is 0 Å². The van der Waals surface area contributed by atoms with Crippen molar-refractivity contribution in [2.75, 3.05) is 0 Å². The van der Waals surface area contributed by atoms with Gasteiger partial charge in [0.1, 0.15) is 0 Å². The maximum absolute atomic E-state index is 11.0. The van der Waals surface area contributed by atoms with Crippen molar-refractivity contribution in [2.24, 2.45) is 0 Å². The fourth-order valence-electron chi connectivity index (χ4n) is 2.03. The summed E-state index contributed by atoms with van der Waals surface area (Å²) in [6.07, 6.45) is 3.92. The number of fused-ring (bicyclic) bond motifs is 1. The molecule has 0 radical (unpaired) electrons. The summed E-state index contributed by atoms with van der Waals surface area (Å²) in [4.78, 5) is -0.0972. The molecule has 0 fully saturated rings. The maximum Gasteiger partial charge on any atom is 0.294 e. The zero-order valence-corrected chi connectivity index (χ0v) is 10.7. The highest BCUT2D eigenvalue weighted by atomic mass is 32.2. The van der Waals surface area contributed by atoms with E-state index in [1.54, 1.807) is 12.1 Å². The minimum absolute atomic E-state index is 0.0972. The van der Waals surface area contributed by atoms with E-state index in [4.69, 9.17) is 4.55 Å². The molecule has 2 heterocycles. The molecule has 0 aliphatic rings. The molecule has 2 aromatic heterocycles. The van der Waals surface area contributed by atoms with Crippen LogP contribution in [0, 0.1) is 0 Å². The second kappa shape index (κ2) is 4.22. The predicted molar refractivity (Wildman–Crippen MR) is 72.6 cm³/mol. The molecule has 0 amide bonds. The molecular weight excluding hydrogens is 262 g/mol. The molecule has 4 nitrogen and oxygen atoms in total. The molecule has 0 saturated heterocycles. The van der Waals surface area contributed by atoms with Gasteiger partial charge in [0.05, 0.1) is 4.90 Å². The third-order valence-corrected chi connectivity index (χ3v) is 3.86. The number of aromatic nitrogens is 1. The zero-order valence-electron chi connectivity index (χ0n) is 9.89. The Morgan fingerprint density at radius 1 is 0.947 bits per heavy atom. The highest BCUT2D eigenvalue weighted by Gasteiger charge is 2.09. The maximum atomic E-state index is 11.0. The first-order chi connectivity index (χ1) is 9.04. The molecule has 1 N–H and O–H groups in total. The molecular formula is C14H11NO3S. The van der Waals surface area contributed by atoms with Crippen LogP contribution in [0.5, 0.6) is 0 Å². The molecule has 0 aliphatic heterocycles. The summed E-state index contributed by atoms with van der Waals surface area (Å²) in [5, 5.41) is 0. The Bertz CT molecular complexity index is 800. The number of benzene rings is 1. The van der Waals surface area contributed by atoms with E-state index < -0.39 is 10.1 Å².